The number of benzene rings is 2. The Bertz CT molecular complexity index is 1200. The summed E-state index contributed by atoms with van der Waals surface area (Å²) in [6, 6.07) is 10.4. The van der Waals surface area contributed by atoms with Crippen molar-refractivity contribution in [2.45, 2.75) is 108 Å². The smallest absolute Gasteiger partial charge is 1.00 e. The molecule has 3 aliphatic rings. The fourth-order valence-electron chi connectivity index (χ4n) is 7.01. The number of allylic oxidation sites excluding steroid dienone is 4. The molecule has 0 saturated heterocycles. The average molecular weight is 615 g/mol. The van der Waals surface area contributed by atoms with Gasteiger partial charge in [0.15, 0.2) is 0 Å². The van der Waals surface area contributed by atoms with E-state index in [1.807, 2.05) is 6.49 Å². The zero-order valence-electron chi connectivity index (χ0n) is 24.1. The van der Waals surface area contributed by atoms with Gasteiger partial charge in [0.1, 0.15) is 0 Å². The van der Waals surface area contributed by atoms with Crippen molar-refractivity contribution < 1.29 is 46.1 Å². The second-order valence-corrected chi connectivity index (χ2v) is 20.1. The molecular weight excluding hydrogens is 571 g/mol. The number of halogens is 2. The van der Waals surface area contributed by atoms with Crippen molar-refractivity contribution in [1.29, 1.82) is 0 Å². The molecule has 0 spiro atoms. The van der Waals surface area contributed by atoms with Gasteiger partial charge in [0.2, 0.25) is 0 Å². The van der Waals surface area contributed by atoms with E-state index in [2.05, 4.69) is 97.9 Å². The molecule has 3 aliphatic carbocycles. The van der Waals surface area contributed by atoms with Crippen LogP contribution in [0, 0.1) is 13.8 Å². The second-order valence-electron chi connectivity index (χ2n) is 13.3. The molecule has 0 aliphatic heterocycles. The molecule has 0 unspecified atom stereocenters. The van der Waals surface area contributed by atoms with Gasteiger partial charge in [0.05, 0.1) is 0 Å². The van der Waals surface area contributed by atoms with E-state index in [1.54, 1.807) is 22.3 Å². The van der Waals surface area contributed by atoms with Crippen LogP contribution in [0.5, 0.6) is 0 Å². The second kappa shape index (κ2) is 11.4. The number of hydrogen-bond acceptors (Lipinski definition) is 0. The topological polar surface area (TPSA) is 0 Å². The van der Waals surface area contributed by atoms with Crippen molar-refractivity contribution >= 4 is 3.21 Å². The minimum atomic E-state index is -2.11. The van der Waals surface area contributed by atoms with Crippen LogP contribution in [0.25, 0.3) is 11.1 Å². The van der Waals surface area contributed by atoms with Gasteiger partial charge in [-0.05, 0) is 0 Å². The van der Waals surface area contributed by atoms with Crippen molar-refractivity contribution in [2.75, 3.05) is 0 Å². The van der Waals surface area contributed by atoms with Crippen LogP contribution in [0.4, 0.5) is 0 Å². The summed E-state index contributed by atoms with van der Waals surface area (Å²) in [4.78, 5) is 0. The van der Waals surface area contributed by atoms with E-state index in [1.165, 1.54) is 60.8 Å². The normalized spacial score (nSPS) is 16.8. The van der Waals surface area contributed by atoms with Crippen LogP contribution in [0.2, 0.25) is 0 Å². The molecule has 2 aromatic rings. The predicted octanol–water partition coefficient (Wildman–Crippen LogP) is 3.57. The third-order valence-electron chi connectivity index (χ3n) is 8.57. The van der Waals surface area contributed by atoms with Gasteiger partial charge in [0, 0.05) is 0 Å². The molecule has 37 heavy (non-hydrogen) atoms. The Morgan fingerprint density at radius 2 is 1.19 bits per heavy atom. The molecule has 0 amide bonds. The van der Waals surface area contributed by atoms with E-state index in [-0.39, 0.29) is 35.6 Å². The third-order valence-corrected chi connectivity index (χ3v) is 17.2. The van der Waals surface area contributed by atoms with Crippen LogP contribution in [0.15, 0.2) is 45.8 Å². The zero-order chi connectivity index (χ0) is 25.1. The summed E-state index contributed by atoms with van der Waals surface area (Å²) in [6.45, 7) is 19.0. The Hall–Kier alpha value is -0.747. The molecule has 5 rings (SSSR count). The SMILES string of the molecule is Cc1cc2c(cc1C(C)(C)C)-c1cc(C(C)(C)C)c(C)cc1[CH]2[Zr+2]([C]1=CC=CC1)=[C]1CCCCC1.[Cl-].[Cl-]. The standard InChI is InChI=1S/C23H29.C6H10.C5H5.2ClH.Zr/c1-14-9-16-11-17-10-15(2)21(23(6,7)8)13-19(17)18(16)12-20(14)22(3,4)5;1-2-4-6-5-3-1;1-2-4-5-3-1;;;/h9-13H,1-8H3;1-5H2;1-3H,4H2;2*1H;/q;;;;;+2/p-2. The summed E-state index contributed by atoms with van der Waals surface area (Å²) >= 11 is -2.11. The van der Waals surface area contributed by atoms with Gasteiger partial charge < -0.3 is 24.8 Å². The molecule has 0 radical (unpaired) electrons. The van der Waals surface area contributed by atoms with Gasteiger partial charge in [-0.1, -0.05) is 0 Å². The fourth-order valence-corrected chi connectivity index (χ4v) is 16.4. The van der Waals surface area contributed by atoms with Crippen LogP contribution in [0.1, 0.15) is 117 Å². The minimum Gasteiger partial charge on any atom is -1.00 e. The minimum absolute atomic E-state index is 0. The zero-order valence-corrected chi connectivity index (χ0v) is 28.1. The number of aryl methyl sites for hydroxylation is 2. The largest absolute Gasteiger partial charge is 1.00 e. The van der Waals surface area contributed by atoms with Gasteiger partial charge in [-0.25, -0.2) is 0 Å². The maximum absolute atomic E-state index is 2.62. The van der Waals surface area contributed by atoms with Crippen LogP contribution in [0.3, 0.4) is 0 Å². The van der Waals surface area contributed by atoms with Gasteiger partial charge in [-0.3, -0.25) is 0 Å². The summed E-state index contributed by atoms with van der Waals surface area (Å²) in [7, 11) is 0. The molecule has 0 aromatic heterocycles. The molecule has 0 N–H and O–H groups in total. The number of rotatable bonds is 2. The van der Waals surface area contributed by atoms with Gasteiger partial charge in [0.25, 0.3) is 0 Å². The predicted molar refractivity (Wildman–Crippen MR) is 151 cm³/mol. The summed E-state index contributed by atoms with van der Waals surface area (Å²) in [5.41, 5.74) is 12.7. The van der Waals surface area contributed by atoms with E-state index in [0.29, 0.717) is 3.63 Å². The Kier molecular flexibility index (Phi) is 9.48. The first-order valence-electron chi connectivity index (χ1n) is 13.8. The first-order chi connectivity index (χ1) is 16.5. The third kappa shape index (κ3) is 5.76. The van der Waals surface area contributed by atoms with Crippen LogP contribution in [-0.2, 0) is 32.1 Å². The van der Waals surface area contributed by atoms with E-state index >= 15 is 0 Å². The number of fused-ring (bicyclic) bond motifs is 3. The maximum Gasteiger partial charge on any atom is -1.00 e. The molecule has 0 nitrogen and oxygen atoms in total. The Morgan fingerprint density at radius 1 is 0.703 bits per heavy atom. The molecule has 1 saturated carbocycles. The Balaban J connectivity index is 0.00000190. The van der Waals surface area contributed by atoms with E-state index < -0.39 is 21.3 Å². The molecule has 1 fully saturated rings. The first kappa shape index (κ1) is 30.8. The van der Waals surface area contributed by atoms with E-state index in [9.17, 15) is 0 Å². The number of hydrogen-bond donors (Lipinski definition) is 0. The van der Waals surface area contributed by atoms with Crippen LogP contribution < -0.4 is 24.8 Å². The van der Waals surface area contributed by atoms with Crippen LogP contribution in [-0.4, -0.2) is 3.21 Å². The Labute approximate surface area is 246 Å². The van der Waals surface area contributed by atoms with E-state index in [0.717, 1.165) is 0 Å². The Morgan fingerprint density at radius 3 is 1.59 bits per heavy atom. The van der Waals surface area contributed by atoms with Crippen molar-refractivity contribution in [1.82, 2.24) is 0 Å². The van der Waals surface area contributed by atoms with Crippen molar-refractivity contribution in [2.24, 2.45) is 0 Å². The van der Waals surface area contributed by atoms with Crippen molar-refractivity contribution in [3.63, 3.8) is 0 Å². The average Bonchev–Trinajstić information content (AvgIpc) is 3.39. The fraction of sp³-hybridized carbons (Fsp3) is 0.500. The van der Waals surface area contributed by atoms with E-state index in [4.69, 9.17) is 0 Å². The summed E-state index contributed by atoms with van der Waals surface area (Å²) in [5, 5.41) is 0. The summed E-state index contributed by atoms with van der Waals surface area (Å²) in [6.07, 6.45) is 15.5. The molecule has 0 heterocycles. The van der Waals surface area contributed by atoms with Gasteiger partial charge in [-0.2, -0.15) is 0 Å². The molecule has 0 atom stereocenters. The summed E-state index contributed by atoms with van der Waals surface area (Å²) < 4.78 is 4.48. The molecule has 0 bridgehead atoms. The van der Waals surface area contributed by atoms with Gasteiger partial charge >= 0.3 is 223 Å². The summed E-state index contributed by atoms with van der Waals surface area (Å²) in [5.74, 6) is 0. The first-order valence-corrected chi connectivity index (χ1v) is 17.7. The van der Waals surface area contributed by atoms with Crippen LogP contribution >= 0.6 is 0 Å². The molecule has 2 aromatic carbocycles. The molecule has 198 valence electrons. The monoisotopic (exact) mass is 612 g/mol. The van der Waals surface area contributed by atoms with Crippen molar-refractivity contribution in [3.8, 4) is 11.1 Å². The van der Waals surface area contributed by atoms with Gasteiger partial charge in [-0.15, -0.1) is 0 Å². The maximum atomic E-state index is 2.62. The quantitative estimate of drug-likeness (QED) is 0.486. The molecular formula is C34H44Cl2Zr. The van der Waals surface area contributed by atoms with Crippen molar-refractivity contribution in [3.05, 3.63) is 79.2 Å². The molecule has 3 heteroatoms.